The van der Waals surface area contributed by atoms with Gasteiger partial charge >= 0.3 is 5.97 Å². The topological polar surface area (TPSA) is 115 Å². The minimum Gasteiger partial charge on any atom is -0.508 e. The lowest BCUT2D eigenvalue weighted by molar-refractivity contribution is 0.0686. The van der Waals surface area contributed by atoms with E-state index in [4.69, 9.17) is 5.11 Å². The molecule has 98 valence electrons. The Balaban J connectivity index is 2.23. The molecule has 0 spiro atoms. The van der Waals surface area contributed by atoms with Crippen LogP contribution < -0.4 is 5.32 Å². The third-order valence-corrected chi connectivity index (χ3v) is 2.54. The van der Waals surface area contributed by atoms with E-state index in [2.05, 4.69) is 15.3 Å². The molecule has 1 amide bonds. The number of hydrogen-bond acceptors (Lipinski definition) is 4. The molecule has 7 heteroatoms. The summed E-state index contributed by atoms with van der Waals surface area (Å²) in [7, 11) is 0. The molecule has 0 fully saturated rings. The third kappa shape index (κ3) is 2.54. The van der Waals surface area contributed by atoms with E-state index in [1.54, 1.807) is 19.1 Å². The molecule has 2 rings (SSSR count). The molecular weight excluding hydrogens is 250 g/mol. The number of benzene rings is 1. The number of phenolic OH excluding ortho intramolecular Hbond substituents is 1. The van der Waals surface area contributed by atoms with Gasteiger partial charge in [0.1, 0.15) is 5.75 Å². The van der Waals surface area contributed by atoms with Crippen LogP contribution in [0.25, 0.3) is 0 Å². The van der Waals surface area contributed by atoms with Crippen LogP contribution in [0.5, 0.6) is 5.75 Å². The highest BCUT2D eigenvalue weighted by Crippen LogP contribution is 2.21. The highest BCUT2D eigenvalue weighted by molar-refractivity contribution is 6.08. The van der Waals surface area contributed by atoms with Crippen LogP contribution in [0.2, 0.25) is 0 Å². The van der Waals surface area contributed by atoms with Gasteiger partial charge in [0.15, 0.2) is 11.4 Å². The summed E-state index contributed by atoms with van der Waals surface area (Å²) in [5.41, 5.74) is 0.526. The van der Waals surface area contributed by atoms with Crippen molar-refractivity contribution in [2.24, 2.45) is 0 Å². The molecule has 1 aromatic carbocycles. The zero-order valence-electron chi connectivity index (χ0n) is 9.97. The first-order valence-corrected chi connectivity index (χ1v) is 5.36. The summed E-state index contributed by atoms with van der Waals surface area (Å²) in [4.78, 5) is 28.7. The van der Waals surface area contributed by atoms with Gasteiger partial charge in [-0.3, -0.25) is 4.79 Å². The van der Waals surface area contributed by atoms with Gasteiger partial charge in [-0.1, -0.05) is 6.07 Å². The van der Waals surface area contributed by atoms with Gasteiger partial charge in [-0.05, 0) is 18.6 Å². The molecule has 0 unspecified atom stereocenters. The van der Waals surface area contributed by atoms with Crippen molar-refractivity contribution in [2.45, 2.75) is 6.92 Å². The van der Waals surface area contributed by atoms with Crippen molar-refractivity contribution in [2.75, 3.05) is 5.32 Å². The van der Waals surface area contributed by atoms with Crippen molar-refractivity contribution < 1.29 is 19.8 Å². The van der Waals surface area contributed by atoms with E-state index in [0.29, 0.717) is 11.3 Å². The summed E-state index contributed by atoms with van der Waals surface area (Å²) < 4.78 is 0. The molecular formula is C12H11N3O4. The molecule has 2 aromatic rings. The molecule has 0 bridgehead atoms. The van der Waals surface area contributed by atoms with Crippen LogP contribution in [0.15, 0.2) is 24.5 Å². The number of nitrogens with zero attached hydrogens (tertiary/aromatic N) is 1. The van der Waals surface area contributed by atoms with Gasteiger partial charge in [0.05, 0.1) is 6.33 Å². The quantitative estimate of drug-likeness (QED) is 0.666. The lowest BCUT2D eigenvalue weighted by Crippen LogP contribution is -2.16. The smallest absolute Gasteiger partial charge is 0.354 e. The maximum atomic E-state index is 11.9. The Morgan fingerprint density at radius 1 is 1.37 bits per heavy atom. The fraction of sp³-hybridized carbons (Fsp3) is 0.0833. The molecule has 4 N–H and O–H groups in total. The number of anilines is 1. The third-order valence-electron chi connectivity index (χ3n) is 2.54. The van der Waals surface area contributed by atoms with Gasteiger partial charge in [0.25, 0.3) is 5.91 Å². The van der Waals surface area contributed by atoms with E-state index in [9.17, 15) is 14.7 Å². The van der Waals surface area contributed by atoms with Crippen molar-refractivity contribution in [1.29, 1.82) is 0 Å². The van der Waals surface area contributed by atoms with Crippen LogP contribution in [0, 0.1) is 6.92 Å². The number of imidazole rings is 1. The number of carboxylic acid groups (broad SMARTS) is 1. The number of amides is 1. The molecule has 1 aromatic heterocycles. The zero-order chi connectivity index (χ0) is 14.0. The van der Waals surface area contributed by atoms with Crippen LogP contribution in [-0.4, -0.2) is 32.1 Å². The number of aromatic nitrogens is 2. The summed E-state index contributed by atoms with van der Waals surface area (Å²) in [5.74, 6) is -1.89. The summed E-state index contributed by atoms with van der Waals surface area (Å²) >= 11 is 0. The Bertz CT molecular complexity index is 648. The van der Waals surface area contributed by atoms with Crippen LogP contribution in [0.4, 0.5) is 5.69 Å². The Labute approximate surface area is 107 Å². The highest BCUT2D eigenvalue weighted by Gasteiger charge is 2.19. The predicted octanol–water partition coefficient (Wildman–Crippen LogP) is 1.37. The van der Waals surface area contributed by atoms with Crippen LogP contribution in [0.1, 0.15) is 26.5 Å². The monoisotopic (exact) mass is 261 g/mol. The standard InChI is InChI=1S/C12H11N3O4/c1-6-2-3-7(4-8(6)16)15-11(17)9-10(12(18)19)14-5-13-9/h2-5,16H,1H3,(H,13,14)(H,15,17)(H,18,19). The first-order valence-electron chi connectivity index (χ1n) is 5.36. The van der Waals surface area contributed by atoms with Gasteiger partial charge in [-0.25, -0.2) is 9.78 Å². The SMILES string of the molecule is Cc1ccc(NC(=O)c2nc[nH]c2C(=O)O)cc1O. The second-order valence-electron chi connectivity index (χ2n) is 3.89. The van der Waals surface area contributed by atoms with E-state index in [-0.39, 0.29) is 17.1 Å². The Morgan fingerprint density at radius 3 is 2.74 bits per heavy atom. The number of hydrogen-bond donors (Lipinski definition) is 4. The van der Waals surface area contributed by atoms with Gasteiger partial charge < -0.3 is 20.5 Å². The minimum atomic E-state index is -1.27. The van der Waals surface area contributed by atoms with Gasteiger partial charge in [0.2, 0.25) is 0 Å². The average Bonchev–Trinajstić information content (AvgIpc) is 2.83. The number of carboxylic acids is 1. The average molecular weight is 261 g/mol. The number of aromatic carboxylic acids is 1. The number of nitrogens with one attached hydrogen (secondary N) is 2. The fourth-order valence-corrected chi connectivity index (χ4v) is 1.51. The highest BCUT2D eigenvalue weighted by atomic mass is 16.4. The fourth-order valence-electron chi connectivity index (χ4n) is 1.51. The summed E-state index contributed by atoms with van der Waals surface area (Å²) in [6.45, 7) is 1.72. The minimum absolute atomic E-state index is 0.0401. The molecule has 0 aliphatic heterocycles. The van der Waals surface area contributed by atoms with Crippen molar-refractivity contribution >= 4 is 17.6 Å². The molecule has 0 aliphatic carbocycles. The Morgan fingerprint density at radius 2 is 2.11 bits per heavy atom. The van der Waals surface area contributed by atoms with E-state index in [1.807, 2.05) is 0 Å². The number of aromatic hydroxyl groups is 1. The van der Waals surface area contributed by atoms with Crippen LogP contribution in [0.3, 0.4) is 0 Å². The summed E-state index contributed by atoms with van der Waals surface area (Å²) in [6, 6.07) is 4.61. The lowest BCUT2D eigenvalue weighted by atomic mass is 10.2. The van der Waals surface area contributed by atoms with Crippen LogP contribution >= 0.6 is 0 Å². The maximum Gasteiger partial charge on any atom is 0.354 e. The number of carbonyl (C=O) groups excluding carboxylic acids is 1. The molecule has 1 heterocycles. The van der Waals surface area contributed by atoms with E-state index >= 15 is 0 Å². The molecule has 0 atom stereocenters. The number of H-pyrrole nitrogens is 1. The Kier molecular flexibility index (Phi) is 3.19. The van der Waals surface area contributed by atoms with Gasteiger partial charge in [-0.15, -0.1) is 0 Å². The number of rotatable bonds is 3. The zero-order valence-corrected chi connectivity index (χ0v) is 9.97. The molecule has 0 saturated carbocycles. The normalized spacial score (nSPS) is 10.2. The van der Waals surface area contributed by atoms with Gasteiger partial charge in [-0.2, -0.15) is 0 Å². The first-order chi connectivity index (χ1) is 8.99. The van der Waals surface area contributed by atoms with E-state index < -0.39 is 11.9 Å². The second kappa shape index (κ2) is 4.81. The van der Waals surface area contributed by atoms with Gasteiger partial charge in [0, 0.05) is 11.8 Å². The largest absolute Gasteiger partial charge is 0.508 e. The molecule has 0 aliphatic rings. The van der Waals surface area contributed by atoms with E-state index in [0.717, 1.165) is 6.33 Å². The molecule has 7 nitrogen and oxygen atoms in total. The molecule has 19 heavy (non-hydrogen) atoms. The Hall–Kier alpha value is -2.83. The summed E-state index contributed by atoms with van der Waals surface area (Å²) in [6.07, 6.45) is 1.13. The van der Waals surface area contributed by atoms with Crippen molar-refractivity contribution in [3.8, 4) is 5.75 Å². The second-order valence-corrected chi connectivity index (χ2v) is 3.89. The lowest BCUT2D eigenvalue weighted by Gasteiger charge is -2.06. The molecule has 0 saturated heterocycles. The van der Waals surface area contributed by atoms with Crippen molar-refractivity contribution in [3.63, 3.8) is 0 Å². The first kappa shape index (κ1) is 12.6. The maximum absolute atomic E-state index is 11.9. The number of carbonyl (C=O) groups is 2. The van der Waals surface area contributed by atoms with Crippen molar-refractivity contribution in [3.05, 3.63) is 41.5 Å². The number of aryl methyl sites for hydroxylation is 1. The number of phenols is 1. The van der Waals surface area contributed by atoms with Crippen LogP contribution in [-0.2, 0) is 0 Å². The van der Waals surface area contributed by atoms with Crippen molar-refractivity contribution in [1.82, 2.24) is 9.97 Å². The predicted molar refractivity (Wildman–Crippen MR) is 66.3 cm³/mol. The summed E-state index contributed by atoms with van der Waals surface area (Å²) in [5, 5.41) is 20.8. The van der Waals surface area contributed by atoms with E-state index in [1.165, 1.54) is 6.07 Å². The number of aromatic amines is 1. The molecule has 0 radical (unpaired) electrons.